The minimum atomic E-state index is -0.629. The normalized spacial score (nSPS) is 21.0. The van der Waals surface area contributed by atoms with Crippen molar-refractivity contribution in [3.8, 4) is 0 Å². The highest BCUT2D eigenvalue weighted by molar-refractivity contribution is 6.42. The van der Waals surface area contributed by atoms with Crippen LogP contribution in [-0.4, -0.2) is 32.1 Å². The van der Waals surface area contributed by atoms with Gasteiger partial charge < -0.3 is 14.8 Å². The minimum absolute atomic E-state index is 0.000478. The number of nitrogens with one attached hydrogen (secondary N) is 1. The summed E-state index contributed by atoms with van der Waals surface area (Å²) >= 11 is 12.8. The largest absolute Gasteiger partial charge is 0.460 e. The Labute approximate surface area is 181 Å². The zero-order chi connectivity index (χ0) is 21.3. The molecule has 7 heteroatoms. The third-order valence-corrected chi connectivity index (χ3v) is 6.11. The molecule has 1 atom stereocenters. The number of allylic oxidation sites excluding steroid dienone is 3. The number of hydrogen-bond donors (Lipinski definition) is 1. The Morgan fingerprint density at radius 3 is 2.66 bits per heavy atom. The predicted octanol–water partition coefficient (Wildman–Crippen LogP) is 4.79. The molecule has 0 amide bonds. The molecule has 1 aromatic carbocycles. The fourth-order valence-corrected chi connectivity index (χ4v) is 4.47. The lowest BCUT2D eigenvalue weighted by molar-refractivity contribution is -0.140. The van der Waals surface area contributed by atoms with Crippen molar-refractivity contribution in [2.24, 2.45) is 5.41 Å². The number of dihydropyridines is 1. The molecule has 0 saturated carbocycles. The maximum Gasteiger partial charge on any atom is 0.336 e. The molecular formula is C22H25Cl2NO4. The molecule has 0 aromatic heterocycles. The van der Waals surface area contributed by atoms with Gasteiger partial charge >= 0.3 is 5.97 Å². The Morgan fingerprint density at radius 2 is 1.97 bits per heavy atom. The van der Waals surface area contributed by atoms with E-state index >= 15 is 0 Å². The number of esters is 1. The van der Waals surface area contributed by atoms with Crippen LogP contribution < -0.4 is 5.32 Å². The lowest BCUT2D eigenvalue weighted by atomic mass is 9.68. The molecule has 0 radical (unpaired) electrons. The first-order valence-electron chi connectivity index (χ1n) is 9.50. The zero-order valence-corrected chi connectivity index (χ0v) is 18.5. The molecule has 0 spiro atoms. The van der Waals surface area contributed by atoms with Gasteiger partial charge in [-0.2, -0.15) is 0 Å². The predicted molar refractivity (Wildman–Crippen MR) is 113 cm³/mol. The number of methoxy groups -OCH3 is 1. The van der Waals surface area contributed by atoms with Gasteiger partial charge in [0, 0.05) is 36.4 Å². The lowest BCUT2D eigenvalue weighted by Crippen LogP contribution is -2.38. The van der Waals surface area contributed by atoms with Crippen molar-refractivity contribution in [3.05, 3.63) is 56.3 Å². The highest BCUT2D eigenvalue weighted by Gasteiger charge is 2.43. The van der Waals surface area contributed by atoms with Gasteiger partial charge in [-0.05, 0) is 30.4 Å². The summed E-state index contributed by atoms with van der Waals surface area (Å²) in [5.74, 6) is -1.13. The third-order valence-electron chi connectivity index (χ3n) is 5.27. The van der Waals surface area contributed by atoms with Crippen LogP contribution in [0.3, 0.4) is 0 Å². The molecule has 1 N–H and O–H groups in total. The van der Waals surface area contributed by atoms with E-state index in [4.69, 9.17) is 32.7 Å². The molecule has 1 aliphatic heterocycles. The topological polar surface area (TPSA) is 64.6 Å². The van der Waals surface area contributed by atoms with Crippen molar-refractivity contribution < 1.29 is 19.1 Å². The van der Waals surface area contributed by atoms with Gasteiger partial charge in [0.25, 0.3) is 0 Å². The van der Waals surface area contributed by atoms with Crippen molar-refractivity contribution >= 4 is 35.0 Å². The first-order chi connectivity index (χ1) is 13.7. The van der Waals surface area contributed by atoms with Gasteiger partial charge in [-0.25, -0.2) is 4.79 Å². The van der Waals surface area contributed by atoms with E-state index in [0.717, 1.165) is 5.70 Å². The van der Waals surface area contributed by atoms with E-state index in [-0.39, 0.29) is 24.4 Å². The van der Waals surface area contributed by atoms with E-state index in [1.807, 2.05) is 6.92 Å². The number of benzene rings is 1. The van der Waals surface area contributed by atoms with Gasteiger partial charge in [-0.1, -0.05) is 49.2 Å². The van der Waals surface area contributed by atoms with E-state index in [1.54, 1.807) is 18.2 Å². The van der Waals surface area contributed by atoms with E-state index < -0.39 is 11.9 Å². The first kappa shape index (κ1) is 21.9. The standard InChI is InChI=1S/C22H25Cl2NO4/c1-12-17(21(27)29-9-8-28-4)18(13-6-5-7-14(23)20(13)24)19-15(25-12)10-22(2,3)11-16(19)26/h5-7,18,25H,8-11H2,1-4H3/t18-/m1/s1. The fourth-order valence-electron chi connectivity index (χ4n) is 4.06. The number of ether oxygens (including phenoxy) is 2. The van der Waals surface area contributed by atoms with Crippen LogP contribution in [-0.2, 0) is 19.1 Å². The quantitative estimate of drug-likeness (QED) is 0.529. The van der Waals surface area contributed by atoms with E-state index in [0.29, 0.717) is 45.3 Å². The molecule has 0 saturated heterocycles. The van der Waals surface area contributed by atoms with Crippen molar-refractivity contribution in [2.45, 2.75) is 39.5 Å². The maximum absolute atomic E-state index is 13.2. The van der Waals surface area contributed by atoms with Crippen molar-refractivity contribution in [2.75, 3.05) is 20.3 Å². The Hall–Kier alpha value is -1.82. The molecule has 1 aromatic rings. The Bertz CT molecular complexity index is 917. The second-order valence-corrected chi connectivity index (χ2v) is 8.99. The number of carbonyl (C=O) groups is 2. The van der Waals surface area contributed by atoms with Gasteiger partial charge in [-0.15, -0.1) is 0 Å². The number of Topliss-reactive ketones (excluding diaryl/α,β-unsaturated/α-hetero) is 1. The second-order valence-electron chi connectivity index (χ2n) is 8.20. The fraction of sp³-hybridized carbons (Fsp3) is 0.455. The van der Waals surface area contributed by atoms with Crippen LogP contribution in [0.4, 0.5) is 0 Å². The van der Waals surface area contributed by atoms with Crippen molar-refractivity contribution in [1.82, 2.24) is 5.32 Å². The average Bonchev–Trinajstić information content (AvgIpc) is 2.62. The van der Waals surface area contributed by atoms with E-state index in [2.05, 4.69) is 19.2 Å². The van der Waals surface area contributed by atoms with Crippen LogP contribution in [0.5, 0.6) is 0 Å². The summed E-state index contributed by atoms with van der Waals surface area (Å²) in [6, 6.07) is 5.26. The summed E-state index contributed by atoms with van der Waals surface area (Å²) in [6.07, 6.45) is 1.10. The Balaban J connectivity index is 2.14. The van der Waals surface area contributed by atoms with Gasteiger partial charge in [0.15, 0.2) is 5.78 Å². The lowest BCUT2D eigenvalue weighted by Gasteiger charge is -2.39. The molecule has 29 heavy (non-hydrogen) atoms. The number of rotatable bonds is 5. The van der Waals surface area contributed by atoms with Crippen molar-refractivity contribution in [3.63, 3.8) is 0 Å². The maximum atomic E-state index is 13.2. The van der Waals surface area contributed by atoms with Crippen molar-refractivity contribution in [1.29, 1.82) is 0 Å². The molecule has 1 aliphatic carbocycles. The van der Waals surface area contributed by atoms with Gasteiger partial charge in [0.05, 0.1) is 22.2 Å². The SMILES string of the molecule is COCCOC(=O)C1=C(C)NC2=C(C(=O)CC(C)(C)C2)[C@@H]1c1cccc(Cl)c1Cl. The molecule has 156 valence electrons. The molecule has 1 heterocycles. The number of hydrogen-bond acceptors (Lipinski definition) is 5. The van der Waals surface area contributed by atoms with E-state index in [9.17, 15) is 9.59 Å². The average molecular weight is 438 g/mol. The molecular weight excluding hydrogens is 413 g/mol. The summed E-state index contributed by atoms with van der Waals surface area (Å²) in [7, 11) is 1.54. The highest BCUT2D eigenvalue weighted by Crippen LogP contribution is 2.48. The number of carbonyl (C=O) groups excluding carboxylic acids is 2. The molecule has 0 bridgehead atoms. The number of ketones is 1. The van der Waals surface area contributed by atoms with Crippen LogP contribution in [0.15, 0.2) is 40.7 Å². The summed E-state index contributed by atoms with van der Waals surface area (Å²) in [4.78, 5) is 26.2. The van der Waals surface area contributed by atoms with Crippen LogP contribution in [0.2, 0.25) is 10.0 Å². The summed E-state index contributed by atoms with van der Waals surface area (Å²) in [5.41, 5.74) is 2.88. The molecule has 3 rings (SSSR count). The molecule has 0 fully saturated rings. The summed E-state index contributed by atoms with van der Waals surface area (Å²) in [6.45, 7) is 6.34. The Morgan fingerprint density at radius 1 is 1.24 bits per heavy atom. The van der Waals surface area contributed by atoms with Crippen LogP contribution in [0.1, 0.15) is 45.1 Å². The third kappa shape index (κ3) is 4.37. The van der Waals surface area contributed by atoms with E-state index in [1.165, 1.54) is 7.11 Å². The van der Waals surface area contributed by atoms with Crippen LogP contribution in [0.25, 0.3) is 0 Å². The molecule has 2 aliphatic rings. The minimum Gasteiger partial charge on any atom is -0.460 e. The highest BCUT2D eigenvalue weighted by atomic mass is 35.5. The monoisotopic (exact) mass is 437 g/mol. The van der Waals surface area contributed by atoms with Crippen LogP contribution >= 0.6 is 23.2 Å². The van der Waals surface area contributed by atoms with Gasteiger partial charge in [0.2, 0.25) is 0 Å². The molecule has 5 nitrogen and oxygen atoms in total. The van der Waals surface area contributed by atoms with Crippen LogP contribution in [0, 0.1) is 5.41 Å². The van der Waals surface area contributed by atoms with Gasteiger partial charge in [-0.3, -0.25) is 4.79 Å². The Kier molecular flexibility index (Phi) is 6.42. The summed E-state index contributed by atoms with van der Waals surface area (Å²) in [5, 5.41) is 4.00. The van der Waals surface area contributed by atoms with Gasteiger partial charge in [0.1, 0.15) is 6.61 Å². The number of halogens is 2. The smallest absolute Gasteiger partial charge is 0.336 e. The second kappa shape index (κ2) is 8.50. The zero-order valence-electron chi connectivity index (χ0n) is 17.0. The summed E-state index contributed by atoms with van der Waals surface area (Å²) < 4.78 is 10.4. The first-order valence-corrected chi connectivity index (χ1v) is 10.3. The molecule has 0 unspecified atom stereocenters.